The number of aromatic hydroxyl groups is 1. The van der Waals surface area contributed by atoms with E-state index in [-0.39, 0.29) is 17.7 Å². The number of rotatable bonds is 2. The van der Waals surface area contributed by atoms with Crippen LogP contribution >= 0.6 is 0 Å². The second-order valence-corrected chi connectivity index (χ2v) is 5.73. The molecule has 116 valence electrons. The molecule has 0 saturated heterocycles. The lowest BCUT2D eigenvalue weighted by atomic mass is 10.1. The lowest BCUT2D eigenvalue weighted by Gasteiger charge is -2.22. The monoisotopic (exact) mass is 310 g/mol. The first-order valence-electron chi connectivity index (χ1n) is 7.28. The van der Waals surface area contributed by atoms with Crippen LogP contribution in [0.3, 0.4) is 0 Å². The Hall–Kier alpha value is -3.02. The van der Waals surface area contributed by atoms with E-state index in [4.69, 9.17) is 4.42 Å². The van der Waals surface area contributed by atoms with Crippen molar-refractivity contribution in [3.63, 3.8) is 0 Å². The highest BCUT2D eigenvalue weighted by Gasteiger charge is 2.33. The average molecular weight is 310 g/mol. The molecule has 2 N–H and O–H groups in total. The van der Waals surface area contributed by atoms with Gasteiger partial charge in [-0.15, -0.1) is 0 Å². The molecule has 23 heavy (non-hydrogen) atoms. The van der Waals surface area contributed by atoms with Crippen LogP contribution in [-0.4, -0.2) is 20.9 Å². The lowest BCUT2D eigenvalue weighted by molar-refractivity contribution is 0.0722. The van der Waals surface area contributed by atoms with Gasteiger partial charge in [-0.2, -0.15) is 0 Å². The normalized spacial score (nSPS) is 17.0. The van der Waals surface area contributed by atoms with Crippen molar-refractivity contribution in [2.75, 3.05) is 0 Å². The first kappa shape index (κ1) is 13.6. The summed E-state index contributed by atoms with van der Waals surface area (Å²) in [6, 6.07) is 10.2. The molecule has 0 spiro atoms. The Morgan fingerprint density at radius 3 is 2.87 bits per heavy atom. The number of aromatic amines is 1. The van der Waals surface area contributed by atoms with Crippen molar-refractivity contribution >= 4 is 17.0 Å². The molecular formula is C17H14N2O4. The van der Waals surface area contributed by atoms with Gasteiger partial charge in [0.15, 0.2) is 5.58 Å². The molecule has 1 amide bonds. The SMILES string of the molecule is CC1c2ccc(O)cc2C(=O)N1Cc1ccc2[nH]c(=O)oc2c1. The molecule has 0 aliphatic carbocycles. The van der Waals surface area contributed by atoms with Crippen molar-refractivity contribution in [3.05, 3.63) is 63.6 Å². The number of fused-ring (bicyclic) bond motifs is 2. The molecule has 4 rings (SSSR count). The van der Waals surface area contributed by atoms with Gasteiger partial charge in [-0.25, -0.2) is 4.79 Å². The van der Waals surface area contributed by atoms with Gasteiger partial charge in [0, 0.05) is 12.1 Å². The minimum absolute atomic E-state index is 0.0768. The lowest BCUT2D eigenvalue weighted by Crippen LogP contribution is -2.26. The second-order valence-electron chi connectivity index (χ2n) is 5.73. The van der Waals surface area contributed by atoms with Crippen molar-refractivity contribution in [1.82, 2.24) is 9.88 Å². The topological polar surface area (TPSA) is 86.5 Å². The van der Waals surface area contributed by atoms with Crippen LogP contribution in [0, 0.1) is 0 Å². The largest absolute Gasteiger partial charge is 0.508 e. The molecule has 1 aliphatic rings. The number of carbonyl (C=O) groups is 1. The summed E-state index contributed by atoms with van der Waals surface area (Å²) in [7, 11) is 0. The van der Waals surface area contributed by atoms with Crippen LogP contribution in [0.15, 0.2) is 45.6 Å². The van der Waals surface area contributed by atoms with Gasteiger partial charge in [0.2, 0.25) is 0 Å². The summed E-state index contributed by atoms with van der Waals surface area (Å²) in [6.45, 7) is 2.36. The summed E-state index contributed by atoms with van der Waals surface area (Å²) < 4.78 is 5.06. The van der Waals surface area contributed by atoms with Crippen LogP contribution in [0.1, 0.15) is 34.5 Å². The predicted octanol–water partition coefficient (Wildman–Crippen LogP) is 2.54. The minimum Gasteiger partial charge on any atom is -0.508 e. The summed E-state index contributed by atoms with van der Waals surface area (Å²) >= 11 is 0. The van der Waals surface area contributed by atoms with Gasteiger partial charge in [0.05, 0.1) is 11.6 Å². The Bertz CT molecular complexity index is 986. The van der Waals surface area contributed by atoms with Crippen molar-refractivity contribution in [2.24, 2.45) is 0 Å². The number of hydrogen-bond donors (Lipinski definition) is 2. The highest BCUT2D eigenvalue weighted by molar-refractivity contribution is 5.99. The summed E-state index contributed by atoms with van der Waals surface area (Å²) in [5.74, 6) is -0.522. The maximum absolute atomic E-state index is 12.6. The molecule has 3 aromatic rings. The zero-order valence-electron chi connectivity index (χ0n) is 12.4. The number of oxazole rings is 1. The molecule has 6 heteroatoms. The Balaban J connectivity index is 1.68. The van der Waals surface area contributed by atoms with Crippen molar-refractivity contribution in [3.8, 4) is 5.75 Å². The van der Waals surface area contributed by atoms with E-state index in [0.29, 0.717) is 23.2 Å². The number of amides is 1. The molecular weight excluding hydrogens is 296 g/mol. The highest BCUT2D eigenvalue weighted by Crippen LogP contribution is 2.36. The van der Waals surface area contributed by atoms with E-state index in [1.807, 2.05) is 13.0 Å². The van der Waals surface area contributed by atoms with Crippen LogP contribution in [-0.2, 0) is 6.54 Å². The van der Waals surface area contributed by atoms with Crippen LogP contribution in [0.4, 0.5) is 0 Å². The Kier molecular flexibility index (Phi) is 2.81. The standard InChI is InChI=1S/C17H14N2O4/c1-9-12-4-3-11(20)7-13(12)16(21)19(9)8-10-2-5-14-15(6-10)23-17(22)18-14/h2-7,9,20H,8H2,1H3,(H,18,22). The molecule has 1 unspecified atom stereocenters. The summed E-state index contributed by atoms with van der Waals surface area (Å²) in [4.78, 5) is 28.1. The number of phenols is 1. The highest BCUT2D eigenvalue weighted by atomic mass is 16.4. The fraction of sp³-hybridized carbons (Fsp3) is 0.176. The quantitative estimate of drug-likeness (QED) is 0.761. The third-order valence-corrected chi connectivity index (χ3v) is 4.28. The molecule has 0 radical (unpaired) electrons. The first-order chi connectivity index (χ1) is 11.0. The van der Waals surface area contributed by atoms with Gasteiger partial charge < -0.3 is 14.4 Å². The number of nitrogens with one attached hydrogen (secondary N) is 1. The maximum atomic E-state index is 12.6. The van der Waals surface area contributed by atoms with Crippen LogP contribution < -0.4 is 5.76 Å². The number of H-pyrrole nitrogens is 1. The van der Waals surface area contributed by atoms with Crippen LogP contribution in [0.25, 0.3) is 11.1 Å². The number of nitrogens with zero attached hydrogens (tertiary/aromatic N) is 1. The number of aromatic nitrogens is 1. The third-order valence-electron chi connectivity index (χ3n) is 4.28. The summed E-state index contributed by atoms with van der Waals surface area (Å²) in [5.41, 5.74) is 3.42. The molecule has 0 bridgehead atoms. The molecule has 1 aliphatic heterocycles. The van der Waals surface area contributed by atoms with Crippen LogP contribution in [0.5, 0.6) is 5.75 Å². The fourth-order valence-corrected chi connectivity index (χ4v) is 3.09. The van der Waals surface area contributed by atoms with Gasteiger partial charge >= 0.3 is 5.76 Å². The van der Waals surface area contributed by atoms with Crippen molar-refractivity contribution in [1.29, 1.82) is 0 Å². The van der Waals surface area contributed by atoms with Gasteiger partial charge in [-0.3, -0.25) is 9.78 Å². The predicted molar refractivity (Wildman–Crippen MR) is 83.2 cm³/mol. The van der Waals surface area contributed by atoms with Crippen molar-refractivity contribution in [2.45, 2.75) is 19.5 Å². The maximum Gasteiger partial charge on any atom is 0.417 e. The zero-order valence-corrected chi connectivity index (χ0v) is 12.4. The van der Waals surface area contributed by atoms with Gasteiger partial charge in [0.1, 0.15) is 5.75 Å². The fourth-order valence-electron chi connectivity index (χ4n) is 3.09. The molecule has 0 saturated carbocycles. The average Bonchev–Trinajstić information content (AvgIpc) is 2.99. The molecule has 2 aromatic carbocycles. The molecule has 1 aromatic heterocycles. The smallest absolute Gasteiger partial charge is 0.417 e. The Morgan fingerprint density at radius 2 is 2.04 bits per heavy atom. The van der Waals surface area contributed by atoms with Crippen molar-refractivity contribution < 1.29 is 14.3 Å². The molecule has 6 nitrogen and oxygen atoms in total. The van der Waals surface area contributed by atoms with E-state index in [1.54, 1.807) is 29.2 Å². The number of benzene rings is 2. The number of phenolic OH excluding ortho intramolecular Hbond substituents is 1. The van der Waals surface area contributed by atoms with Crippen LogP contribution in [0.2, 0.25) is 0 Å². The van der Waals surface area contributed by atoms with Gasteiger partial charge in [0.25, 0.3) is 5.91 Å². The summed E-state index contributed by atoms with van der Waals surface area (Å²) in [5, 5.41) is 9.58. The van der Waals surface area contributed by atoms with Gasteiger partial charge in [-0.05, 0) is 42.3 Å². The van der Waals surface area contributed by atoms with E-state index in [2.05, 4.69) is 4.98 Å². The second kappa shape index (κ2) is 4.74. The molecule has 1 atom stereocenters. The minimum atomic E-state index is -0.495. The van der Waals surface area contributed by atoms with E-state index in [1.165, 1.54) is 6.07 Å². The van der Waals surface area contributed by atoms with E-state index >= 15 is 0 Å². The number of hydrogen-bond acceptors (Lipinski definition) is 4. The number of carbonyl (C=O) groups excluding carboxylic acids is 1. The van der Waals surface area contributed by atoms with Gasteiger partial charge in [-0.1, -0.05) is 12.1 Å². The molecule has 0 fully saturated rings. The zero-order chi connectivity index (χ0) is 16.1. The van der Waals surface area contributed by atoms with E-state index in [0.717, 1.165) is 11.1 Å². The first-order valence-corrected chi connectivity index (χ1v) is 7.28. The van der Waals surface area contributed by atoms with E-state index in [9.17, 15) is 14.7 Å². The Labute approximate surface area is 131 Å². The Morgan fingerprint density at radius 1 is 1.22 bits per heavy atom. The van der Waals surface area contributed by atoms with E-state index < -0.39 is 5.76 Å². The summed E-state index contributed by atoms with van der Waals surface area (Å²) in [6.07, 6.45) is 0. The third kappa shape index (κ3) is 2.11. The molecule has 2 heterocycles.